The van der Waals surface area contributed by atoms with E-state index in [9.17, 15) is 10.2 Å². The third-order valence-electron chi connectivity index (χ3n) is 10.3. The summed E-state index contributed by atoms with van der Waals surface area (Å²) in [6.45, 7) is 10.2. The molecule has 4 rings (SSSR count). The van der Waals surface area contributed by atoms with Gasteiger partial charge in [-0.2, -0.15) is 0 Å². The van der Waals surface area contributed by atoms with Gasteiger partial charge in [-0.25, -0.2) is 0 Å². The van der Waals surface area contributed by atoms with Crippen molar-refractivity contribution in [3.63, 3.8) is 0 Å². The predicted molar refractivity (Wildman–Crippen MR) is 120 cm³/mol. The number of aliphatic hydroxyl groups is 2. The fourth-order valence-corrected chi connectivity index (χ4v) is 8.76. The molecule has 6 unspecified atom stereocenters. The average molecular weight is 403 g/mol. The molecule has 0 aromatic heterocycles. The van der Waals surface area contributed by atoms with Crippen LogP contribution in [-0.2, 0) is 0 Å². The standard InChI is InChI=1S/C27H46O2/c1-18(2)6-5-7-19(3)23-10-11-24-22-9-8-20-16-21(29)12-15-27(20,17-28)25(22)13-14-26(23,24)4/h8,18-19,21-25,28-29H,5-7,9-17H2,1-4H3/t19?,21?,22?,23?,24?,25?,26-,27-/m1/s1. The van der Waals surface area contributed by atoms with Crippen LogP contribution in [0.25, 0.3) is 0 Å². The van der Waals surface area contributed by atoms with Gasteiger partial charge in [0.2, 0.25) is 0 Å². The Bertz CT molecular complexity index is 610. The highest BCUT2D eigenvalue weighted by Crippen LogP contribution is 2.67. The minimum atomic E-state index is -0.186. The SMILES string of the molecule is CC(C)CCCC(C)C1CCC2C3CC=C4CC(O)CC[C@]4(CO)C3CC[C@]12C. The monoisotopic (exact) mass is 402 g/mol. The third kappa shape index (κ3) is 3.65. The van der Waals surface area contributed by atoms with Crippen LogP contribution in [0.1, 0.15) is 98.3 Å². The zero-order valence-corrected chi connectivity index (χ0v) is 19.5. The lowest BCUT2D eigenvalue weighted by Gasteiger charge is -2.59. The number of hydrogen-bond donors (Lipinski definition) is 2. The number of allylic oxidation sites excluding steroid dienone is 1. The van der Waals surface area contributed by atoms with Crippen molar-refractivity contribution >= 4 is 0 Å². The first-order valence-electron chi connectivity index (χ1n) is 12.8. The second-order valence-electron chi connectivity index (χ2n) is 12.1. The summed E-state index contributed by atoms with van der Waals surface area (Å²) in [5.74, 6) is 4.82. The van der Waals surface area contributed by atoms with E-state index in [-0.39, 0.29) is 11.5 Å². The first kappa shape index (κ1) is 21.9. The first-order valence-corrected chi connectivity index (χ1v) is 12.8. The van der Waals surface area contributed by atoms with E-state index in [0.29, 0.717) is 17.9 Å². The molecule has 0 aliphatic heterocycles. The average Bonchev–Trinajstić information content (AvgIpc) is 3.04. The largest absolute Gasteiger partial charge is 0.395 e. The molecule has 0 heterocycles. The van der Waals surface area contributed by atoms with Crippen LogP contribution >= 0.6 is 0 Å². The molecule has 0 aromatic carbocycles. The summed E-state index contributed by atoms with van der Waals surface area (Å²) in [5, 5.41) is 20.8. The van der Waals surface area contributed by atoms with E-state index >= 15 is 0 Å². The van der Waals surface area contributed by atoms with Crippen LogP contribution in [0.3, 0.4) is 0 Å². The minimum absolute atomic E-state index is 0.00948. The molecule has 2 nitrogen and oxygen atoms in total. The van der Waals surface area contributed by atoms with Crippen LogP contribution in [0.2, 0.25) is 0 Å². The molecule has 0 spiro atoms. The number of fused-ring (bicyclic) bond motifs is 5. The topological polar surface area (TPSA) is 40.5 Å². The molecule has 0 aromatic rings. The van der Waals surface area contributed by atoms with E-state index in [0.717, 1.165) is 48.9 Å². The van der Waals surface area contributed by atoms with Crippen LogP contribution in [-0.4, -0.2) is 22.9 Å². The molecule has 4 aliphatic rings. The Labute approximate surface area is 179 Å². The summed E-state index contributed by atoms with van der Waals surface area (Å²) in [6.07, 6.45) is 15.8. The van der Waals surface area contributed by atoms with Gasteiger partial charge in [-0.3, -0.25) is 0 Å². The molecule has 0 radical (unpaired) electrons. The van der Waals surface area contributed by atoms with E-state index in [2.05, 4.69) is 33.8 Å². The van der Waals surface area contributed by atoms with E-state index in [1.165, 1.54) is 56.9 Å². The molecule has 0 saturated heterocycles. The summed E-state index contributed by atoms with van der Waals surface area (Å²) in [6, 6.07) is 0. The molecule has 0 bridgehead atoms. The number of hydrogen-bond acceptors (Lipinski definition) is 2. The molecule has 29 heavy (non-hydrogen) atoms. The van der Waals surface area contributed by atoms with E-state index < -0.39 is 0 Å². The Morgan fingerprint density at radius 2 is 1.83 bits per heavy atom. The van der Waals surface area contributed by atoms with Crippen molar-refractivity contribution < 1.29 is 10.2 Å². The summed E-state index contributed by atoms with van der Waals surface area (Å²) in [5.41, 5.74) is 1.90. The molecule has 8 atom stereocenters. The van der Waals surface area contributed by atoms with E-state index in [4.69, 9.17) is 0 Å². The quantitative estimate of drug-likeness (QED) is 0.507. The van der Waals surface area contributed by atoms with Crippen molar-refractivity contribution in [1.29, 1.82) is 0 Å². The molecule has 2 heteroatoms. The number of rotatable bonds is 6. The van der Waals surface area contributed by atoms with Crippen LogP contribution in [0, 0.1) is 46.3 Å². The smallest absolute Gasteiger partial charge is 0.0577 e. The van der Waals surface area contributed by atoms with Gasteiger partial charge in [0.25, 0.3) is 0 Å². The van der Waals surface area contributed by atoms with Crippen LogP contribution in [0.4, 0.5) is 0 Å². The summed E-state index contributed by atoms with van der Waals surface area (Å²) in [4.78, 5) is 0. The molecule has 166 valence electrons. The Morgan fingerprint density at radius 1 is 1.03 bits per heavy atom. The van der Waals surface area contributed by atoms with Crippen molar-refractivity contribution in [3.8, 4) is 0 Å². The van der Waals surface area contributed by atoms with Crippen molar-refractivity contribution in [2.45, 2.75) is 104 Å². The highest BCUT2D eigenvalue weighted by atomic mass is 16.3. The highest BCUT2D eigenvalue weighted by Gasteiger charge is 2.60. The van der Waals surface area contributed by atoms with Crippen molar-refractivity contribution in [2.24, 2.45) is 46.3 Å². The van der Waals surface area contributed by atoms with Crippen LogP contribution in [0.15, 0.2) is 11.6 Å². The fraction of sp³-hybridized carbons (Fsp3) is 0.926. The second-order valence-corrected chi connectivity index (χ2v) is 12.1. The van der Waals surface area contributed by atoms with Gasteiger partial charge in [0, 0.05) is 5.41 Å². The molecule has 0 amide bonds. The molecule has 2 N–H and O–H groups in total. The Kier molecular flexibility index (Phi) is 6.26. The molecule has 4 aliphatic carbocycles. The lowest BCUT2D eigenvalue weighted by molar-refractivity contribution is -0.0795. The van der Waals surface area contributed by atoms with Gasteiger partial charge in [-0.1, -0.05) is 58.6 Å². The van der Waals surface area contributed by atoms with Crippen molar-refractivity contribution in [2.75, 3.05) is 6.61 Å². The predicted octanol–water partition coefficient (Wildman–Crippen LogP) is 6.36. The lowest BCUT2D eigenvalue weighted by Crippen LogP contribution is -2.53. The minimum Gasteiger partial charge on any atom is -0.395 e. The maximum Gasteiger partial charge on any atom is 0.0577 e. The Balaban J connectivity index is 1.51. The molecule has 3 saturated carbocycles. The normalized spacial score (nSPS) is 45.3. The zero-order chi connectivity index (χ0) is 20.8. The first-order chi connectivity index (χ1) is 13.8. The fourth-order valence-electron chi connectivity index (χ4n) is 8.76. The van der Waals surface area contributed by atoms with Gasteiger partial charge in [0.1, 0.15) is 0 Å². The van der Waals surface area contributed by atoms with Gasteiger partial charge in [-0.15, -0.1) is 0 Å². The highest BCUT2D eigenvalue weighted by molar-refractivity contribution is 5.26. The molecular weight excluding hydrogens is 356 g/mol. The van der Waals surface area contributed by atoms with Crippen molar-refractivity contribution in [3.05, 3.63) is 11.6 Å². The molecule has 3 fully saturated rings. The number of aliphatic hydroxyl groups excluding tert-OH is 2. The van der Waals surface area contributed by atoms with Crippen molar-refractivity contribution in [1.82, 2.24) is 0 Å². The summed E-state index contributed by atoms with van der Waals surface area (Å²) >= 11 is 0. The summed E-state index contributed by atoms with van der Waals surface area (Å²) in [7, 11) is 0. The van der Waals surface area contributed by atoms with Gasteiger partial charge in [-0.05, 0) is 92.3 Å². The van der Waals surface area contributed by atoms with E-state index in [1.54, 1.807) is 0 Å². The van der Waals surface area contributed by atoms with Crippen LogP contribution in [0.5, 0.6) is 0 Å². The van der Waals surface area contributed by atoms with Gasteiger partial charge < -0.3 is 10.2 Å². The molecular formula is C27H46O2. The third-order valence-corrected chi connectivity index (χ3v) is 10.3. The maximum atomic E-state index is 10.6. The summed E-state index contributed by atoms with van der Waals surface area (Å²) < 4.78 is 0. The van der Waals surface area contributed by atoms with Gasteiger partial charge in [0.15, 0.2) is 0 Å². The van der Waals surface area contributed by atoms with Gasteiger partial charge >= 0.3 is 0 Å². The second kappa shape index (κ2) is 8.30. The van der Waals surface area contributed by atoms with Gasteiger partial charge in [0.05, 0.1) is 12.7 Å². The zero-order valence-electron chi connectivity index (χ0n) is 19.5. The maximum absolute atomic E-state index is 10.6. The lowest BCUT2D eigenvalue weighted by atomic mass is 9.46. The Morgan fingerprint density at radius 3 is 2.55 bits per heavy atom. The van der Waals surface area contributed by atoms with Crippen LogP contribution < -0.4 is 0 Å². The Hall–Kier alpha value is -0.340. The van der Waals surface area contributed by atoms with E-state index in [1.807, 2.05) is 0 Å².